The van der Waals surface area contributed by atoms with Crippen LogP contribution in [0, 0.1) is 0 Å². The highest BCUT2D eigenvalue weighted by atomic mass is 35.5. The van der Waals surface area contributed by atoms with Crippen LogP contribution in [0.3, 0.4) is 0 Å². The quantitative estimate of drug-likeness (QED) is 0.389. The number of anilines is 2. The Hall–Kier alpha value is -3.65. The van der Waals surface area contributed by atoms with E-state index in [4.69, 9.17) is 11.6 Å². The maximum atomic E-state index is 12.4. The van der Waals surface area contributed by atoms with E-state index < -0.39 is 0 Å². The molecular weight excluding hydrogens is 438 g/mol. The van der Waals surface area contributed by atoms with Gasteiger partial charge >= 0.3 is 6.03 Å². The van der Waals surface area contributed by atoms with E-state index in [1.54, 1.807) is 6.07 Å². The van der Waals surface area contributed by atoms with Crippen LogP contribution < -0.4 is 16.0 Å². The summed E-state index contributed by atoms with van der Waals surface area (Å²) in [5, 5.41) is 9.65. The first-order valence-electron chi connectivity index (χ1n) is 11.0. The van der Waals surface area contributed by atoms with Crippen molar-refractivity contribution < 1.29 is 4.79 Å². The molecule has 1 fully saturated rings. The summed E-state index contributed by atoms with van der Waals surface area (Å²) in [6.07, 6.45) is 8.96. The van der Waals surface area contributed by atoms with Gasteiger partial charge in [-0.3, -0.25) is 5.32 Å². The van der Waals surface area contributed by atoms with Crippen LogP contribution in [0.5, 0.6) is 0 Å². The Morgan fingerprint density at radius 3 is 2.85 bits per heavy atom. The summed E-state index contributed by atoms with van der Waals surface area (Å²) < 4.78 is 2.08. The molecule has 3 heterocycles. The number of amides is 2. The van der Waals surface area contributed by atoms with Crippen molar-refractivity contribution in [1.82, 2.24) is 24.7 Å². The third kappa shape index (κ3) is 4.21. The molecule has 1 aromatic carbocycles. The summed E-state index contributed by atoms with van der Waals surface area (Å²) in [5.74, 6) is 1.73. The molecule has 0 radical (unpaired) electrons. The number of rotatable bonds is 6. The summed E-state index contributed by atoms with van der Waals surface area (Å²) in [6.45, 7) is 0.517. The maximum Gasteiger partial charge on any atom is 0.320 e. The van der Waals surface area contributed by atoms with Crippen molar-refractivity contribution in [2.45, 2.75) is 37.8 Å². The molecule has 3 aromatic heterocycles. The molecule has 33 heavy (non-hydrogen) atoms. The second-order valence-electron chi connectivity index (χ2n) is 8.57. The Morgan fingerprint density at radius 2 is 1.97 bits per heavy atom. The number of hydrogen-bond acceptors (Lipinski definition) is 5. The molecule has 3 N–H and O–H groups in total. The number of carbonyl (C=O) groups excluding carboxylic acids is 1. The Bertz CT molecular complexity index is 1360. The van der Waals surface area contributed by atoms with Crippen LogP contribution in [0.4, 0.5) is 16.4 Å². The van der Waals surface area contributed by atoms with Crippen molar-refractivity contribution in [3.05, 3.63) is 82.5 Å². The lowest BCUT2D eigenvalue weighted by molar-refractivity contribution is 0.247. The number of nitrogens with one attached hydrogen (secondary N) is 3. The van der Waals surface area contributed by atoms with Gasteiger partial charge in [0.2, 0.25) is 0 Å². The number of nitrogens with zero attached hydrogens (tertiary/aromatic N) is 4. The Labute approximate surface area is 195 Å². The molecule has 0 saturated heterocycles. The standard InChI is InChI=1S/C24H22ClN7O/c25-17-5-3-15-7-20(19(15)8-17)30-24(33)31-22-9-21(27-13-28-22)26-10-18-12-32-11-16(14-1-2-14)4-6-23(32)29-18/h3-6,8-9,11-14,20H,1-2,7,10H2,(H3,26,27,28,30,31,33). The van der Waals surface area contributed by atoms with E-state index in [1.165, 1.54) is 30.3 Å². The van der Waals surface area contributed by atoms with E-state index in [0.29, 0.717) is 29.1 Å². The fourth-order valence-corrected chi connectivity index (χ4v) is 4.40. The number of imidazole rings is 1. The minimum atomic E-state index is -0.318. The van der Waals surface area contributed by atoms with E-state index in [2.05, 4.69) is 53.6 Å². The number of carbonyl (C=O) groups is 1. The summed E-state index contributed by atoms with van der Waals surface area (Å²) >= 11 is 6.06. The van der Waals surface area contributed by atoms with Gasteiger partial charge in [-0.1, -0.05) is 23.7 Å². The molecule has 166 valence electrons. The number of pyridine rings is 1. The monoisotopic (exact) mass is 459 g/mol. The number of aromatic nitrogens is 4. The average Bonchev–Trinajstić information content (AvgIpc) is 3.57. The molecule has 4 aromatic rings. The zero-order chi connectivity index (χ0) is 22.4. The molecule has 1 atom stereocenters. The number of hydrogen-bond donors (Lipinski definition) is 3. The maximum absolute atomic E-state index is 12.4. The summed E-state index contributed by atoms with van der Waals surface area (Å²) in [4.78, 5) is 25.5. The second kappa shape index (κ2) is 8.04. The van der Waals surface area contributed by atoms with Crippen LogP contribution in [-0.2, 0) is 13.0 Å². The zero-order valence-electron chi connectivity index (χ0n) is 17.8. The molecule has 6 rings (SSSR count). The first kappa shape index (κ1) is 20.0. The third-order valence-corrected chi connectivity index (χ3v) is 6.38. The molecule has 0 bridgehead atoms. The fourth-order valence-electron chi connectivity index (χ4n) is 4.22. The van der Waals surface area contributed by atoms with E-state index in [-0.39, 0.29) is 12.1 Å². The van der Waals surface area contributed by atoms with Crippen LogP contribution in [-0.4, -0.2) is 25.4 Å². The van der Waals surface area contributed by atoms with Crippen LogP contribution >= 0.6 is 11.6 Å². The Morgan fingerprint density at radius 1 is 1.09 bits per heavy atom. The van der Waals surface area contributed by atoms with Crippen LogP contribution in [0.1, 0.15) is 47.2 Å². The largest absolute Gasteiger partial charge is 0.364 e. The van der Waals surface area contributed by atoms with Gasteiger partial charge in [0.05, 0.1) is 18.3 Å². The van der Waals surface area contributed by atoms with E-state index in [9.17, 15) is 4.79 Å². The van der Waals surface area contributed by atoms with Crippen molar-refractivity contribution in [2.24, 2.45) is 0 Å². The number of benzene rings is 1. The van der Waals surface area contributed by atoms with Crippen LogP contribution in [0.2, 0.25) is 5.02 Å². The van der Waals surface area contributed by atoms with E-state index in [0.717, 1.165) is 23.3 Å². The summed E-state index contributed by atoms with van der Waals surface area (Å²) in [5.41, 5.74) is 5.47. The number of urea groups is 1. The zero-order valence-corrected chi connectivity index (χ0v) is 18.5. The van der Waals surface area contributed by atoms with Crippen LogP contribution in [0.15, 0.2) is 55.1 Å². The molecule has 8 nitrogen and oxygen atoms in total. The van der Waals surface area contributed by atoms with E-state index in [1.807, 2.05) is 24.4 Å². The normalized spacial score (nSPS) is 16.7. The number of halogens is 1. The van der Waals surface area contributed by atoms with Gasteiger partial charge in [0.1, 0.15) is 23.6 Å². The van der Waals surface area contributed by atoms with Crippen molar-refractivity contribution in [1.29, 1.82) is 0 Å². The Balaban J connectivity index is 1.07. The molecule has 1 unspecified atom stereocenters. The average molecular weight is 460 g/mol. The minimum Gasteiger partial charge on any atom is -0.364 e. The fraction of sp³-hybridized carbons (Fsp3) is 0.250. The molecule has 2 aliphatic rings. The van der Waals surface area contributed by atoms with Gasteiger partial charge in [-0.15, -0.1) is 0 Å². The predicted molar refractivity (Wildman–Crippen MR) is 127 cm³/mol. The smallest absolute Gasteiger partial charge is 0.320 e. The lowest BCUT2D eigenvalue weighted by Gasteiger charge is -2.31. The molecule has 0 aliphatic heterocycles. The second-order valence-corrected chi connectivity index (χ2v) is 9.01. The van der Waals surface area contributed by atoms with E-state index >= 15 is 0 Å². The van der Waals surface area contributed by atoms with Gasteiger partial charge < -0.3 is 15.0 Å². The predicted octanol–water partition coefficient (Wildman–Crippen LogP) is 4.69. The van der Waals surface area contributed by atoms with Gasteiger partial charge in [-0.25, -0.2) is 19.7 Å². The highest BCUT2D eigenvalue weighted by Gasteiger charge is 2.27. The van der Waals surface area contributed by atoms with Crippen molar-refractivity contribution in [3.8, 4) is 0 Å². The number of fused-ring (bicyclic) bond motifs is 2. The minimum absolute atomic E-state index is 0.0476. The third-order valence-electron chi connectivity index (χ3n) is 6.14. The highest BCUT2D eigenvalue weighted by Crippen LogP contribution is 2.40. The van der Waals surface area contributed by atoms with Gasteiger partial charge in [0.15, 0.2) is 0 Å². The van der Waals surface area contributed by atoms with Crippen molar-refractivity contribution in [3.63, 3.8) is 0 Å². The molecule has 9 heteroatoms. The lowest BCUT2D eigenvalue weighted by atomic mass is 9.83. The Kier molecular flexibility index (Phi) is 4.87. The topological polar surface area (TPSA) is 96.2 Å². The summed E-state index contributed by atoms with van der Waals surface area (Å²) in [7, 11) is 0. The molecule has 1 saturated carbocycles. The molecule has 2 aliphatic carbocycles. The van der Waals surface area contributed by atoms with Gasteiger partial charge in [0.25, 0.3) is 0 Å². The molecule has 2 amide bonds. The molecular formula is C24H22ClN7O. The van der Waals surface area contributed by atoms with Gasteiger partial charge in [-0.05, 0) is 60.1 Å². The van der Waals surface area contributed by atoms with Crippen molar-refractivity contribution in [2.75, 3.05) is 10.6 Å². The SMILES string of the molecule is O=C(Nc1cc(NCc2cn3cc(C4CC4)ccc3n2)ncn1)NC1Cc2ccc(Cl)cc21. The van der Waals surface area contributed by atoms with Gasteiger partial charge in [-0.2, -0.15) is 0 Å². The molecule has 0 spiro atoms. The lowest BCUT2D eigenvalue weighted by Crippen LogP contribution is -2.38. The van der Waals surface area contributed by atoms with Crippen molar-refractivity contribution >= 4 is 34.9 Å². The summed E-state index contributed by atoms with van der Waals surface area (Å²) in [6, 6.07) is 11.3. The first-order chi connectivity index (χ1) is 16.1. The van der Waals surface area contributed by atoms with Crippen LogP contribution in [0.25, 0.3) is 5.65 Å². The van der Waals surface area contributed by atoms with Gasteiger partial charge in [0, 0.05) is 23.5 Å². The highest BCUT2D eigenvalue weighted by molar-refractivity contribution is 6.30. The first-order valence-corrected chi connectivity index (χ1v) is 11.4.